The van der Waals surface area contributed by atoms with Crippen LogP contribution in [0.15, 0.2) is 0 Å². The normalized spacial score (nSPS) is 48.7. The summed E-state index contributed by atoms with van der Waals surface area (Å²) < 4.78 is 0. The van der Waals surface area contributed by atoms with E-state index in [0.29, 0.717) is 0 Å². The van der Waals surface area contributed by atoms with Gasteiger partial charge in [-0.3, -0.25) is 0 Å². The van der Waals surface area contributed by atoms with Gasteiger partial charge in [-0.15, -0.1) is 0 Å². The molecule has 32 atom stereocenters. The van der Waals surface area contributed by atoms with E-state index in [-0.39, 0.29) is 0 Å². The molecule has 754 valence electrons. The van der Waals surface area contributed by atoms with Crippen molar-refractivity contribution >= 4 is 0 Å². The first-order chi connectivity index (χ1) is 65.3. The second-order valence-corrected chi connectivity index (χ2v) is 57.4. The summed E-state index contributed by atoms with van der Waals surface area (Å²) in [7, 11) is 0. The molecule has 32 saturated carbocycles. The average molecular weight is 1810 g/mol. The quantitative estimate of drug-likeness (QED) is 0.227. The molecule has 0 aromatic heterocycles. The van der Waals surface area contributed by atoms with Gasteiger partial charge >= 0.3 is 0 Å². The van der Waals surface area contributed by atoms with Crippen LogP contribution in [0.4, 0.5) is 0 Å². The van der Waals surface area contributed by atoms with Crippen LogP contribution in [-0.4, -0.2) is 0 Å². The van der Waals surface area contributed by atoms with Gasteiger partial charge in [0.2, 0.25) is 0 Å². The van der Waals surface area contributed by atoms with Crippen LogP contribution in [-0.2, 0) is 0 Å². The Labute approximate surface area is 822 Å². The zero-order chi connectivity index (χ0) is 88.6. The maximum atomic E-state index is 2.54. The second kappa shape index (κ2) is 50.2. The monoisotopic (exact) mass is 1810 g/mol. The fourth-order valence-electron chi connectivity index (χ4n) is 42.2. The largest absolute Gasteiger partial charge is 0.0594 e. The molecular formula is C132H226. The molecule has 132 heavy (non-hydrogen) atoms. The molecule has 32 aliphatic rings. The van der Waals surface area contributed by atoms with Gasteiger partial charge in [0.15, 0.2) is 0 Å². The molecule has 0 aliphatic heterocycles. The summed E-state index contributed by atoms with van der Waals surface area (Å²) in [5, 5.41) is 0. The Morgan fingerprint density at radius 2 is 0.280 bits per heavy atom. The number of hydrogen-bond acceptors (Lipinski definition) is 0. The molecule has 0 radical (unpaired) electrons. The van der Waals surface area contributed by atoms with Crippen molar-refractivity contribution in [2.75, 3.05) is 0 Å². The van der Waals surface area contributed by atoms with Gasteiger partial charge < -0.3 is 0 Å². The first-order valence-electron chi connectivity index (χ1n) is 65.3. The number of rotatable bonds is 0. The maximum absolute atomic E-state index is 2.54. The smallest absolute Gasteiger partial charge is 0.0298 e. The third-order valence-electron chi connectivity index (χ3n) is 50.4. The van der Waals surface area contributed by atoms with E-state index in [1.165, 1.54) is 295 Å². The molecule has 0 saturated heterocycles. The van der Waals surface area contributed by atoms with E-state index < -0.39 is 0 Å². The molecule has 32 fully saturated rings. The van der Waals surface area contributed by atoms with Gasteiger partial charge in [-0.1, -0.05) is 431 Å². The molecule has 0 nitrogen and oxygen atoms in total. The van der Waals surface area contributed by atoms with Crippen molar-refractivity contribution in [3.8, 4) is 0 Å². The Balaban J connectivity index is 0.0000000900. The summed E-state index contributed by atoms with van der Waals surface area (Å²) in [6.45, 7) is 2.54. The SMILES string of the molecule is C1CC2CC12.C1CC2CC2C1.C1CC2CCC2C1.C1CC2CCCC2C1.C1CC2CCCC2C2CC2C1.C1CC2CCCC3CCC(C1)C23.C1CCC2C(C1)CCC1C3CCCC3CCC21.C1CCC2C(C1)CCC1CCCCC12.C1CCC2CC2C1.C1CCC2CC3CCCCC3CC2C1.C1CCC2CCCC2C1.C1CCC2CCCCC2CC1.CC12CCCCC1CCCC2. The summed E-state index contributed by atoms with van der Waals surface area (Å²) in [6.07, 6.45) is 145. The van der Waals surface area contributed by atoms with Crippen LogP contribution in [0, 0.1) is 224 Å². The lowest BCUT2D eigenvalue weighted by atomic mass is 9.54. The third kappa shape index (κ3) is 26.8. The Morgan fingerprint density at radius 1 is 0.106 bits per heavy atom. The first kappa shape index (κ1) is 99.3. The molecule has 0 heteroatoms. The third-order valence-corrected chi connectivity index (χ3v) is 50.4. The van der Waals surface area contributed by atoms with Gasteiger partial charge in [0.1, 0.15) is 0 Å². The van der Waals surface area contributed by atoms with Gasteiger partial charge in [0, 0.05) is 0 Å². The highest BCUT2D eigenvalue weighted by atomic mass is 14.6. The highest BCUT2D eigenvalue weighted by Gasteiger charge is 2.53. The van der Waals surface area contributed by atoms with E-state index in [1.807, 2.05) is 0 Å². The van der Waals surface area contributed by atoms with Crippen molar-refractivity contribution < 1.29 is 0 Å². The van der Waals surface area contributed by atoms with Crippen LogP contribution in [0.2, 0.25) is 0 Å². The van der Waals surface area contributed by atoms with Crippen LogP contribution in [0.3, 0.4) is 0 Å². The molecule has 0 bridgehead atoms. The topological polar surface area (TPSA) is 0 Å². The van der Waals surface area contributed by atoms with Crippen LogP contribution in [0.1, 0.15) is 604 Å². The summed E-state index contributed by atoms with van der Waals surface area (Å²) >= 11 is 0. The Bertz CT molecular complexity index is 3050. The lowest BCUT2D eigenvalue weighted by Crippen LogP contribution is -2.43. The van der Waals surface area contributed by atoms with Gasteiger partial charge in [0.05, 0.1) is 0 Å². The van der Waals surface area contributed by atoms with E-state index in [2.05, 4.69) is 6.92 Å². The van der Waals surface area contributed by atoms with Crippen molar-refractivity contribution in [2.45, 2.75) is 604 Å². The molecule has 0 aromatic rings. The Morgan fingerprint density at radius 3 is 0.591 bits per heavy atom. The lowest BCUT2D eigenvalue weighted by Gasteiger charge is -2.51. The molecular weight excluding hydrogens is 1590 g/mol. The van der Waals surface area contributed by atoms with Crippen molar-refractivity contribution in [1.82, 2.24) is 0 Å². The standard InChI is InChI=1S/C17H28.2C14H24.C12H20.C11H18.2C11H20.C9H16.C8H14.2C7H12.C6H10.C5H8/c1-2-6-14-12(4-1)8-10-17-15-7-3-5-13(15)9-11-16(14)17;1-3-7-13-11(5-1)9-10-12-6-2-4-8-14(12)13;1-2-6-12-10-14-8-4-3-7-13(14)9-11(12)5-1;1-3-9-4-2-6-11-8-7-10(5-1)12(9)11;1-3-8-4-2-6-10(8)11-7-9(11)5-1;1-11-8-4-2-6-10(11)7-3-5-9-11;1-2-6-10-8-4-5-9-11(10)7-3-1;1-2-5-9-7-3-6-8(9)4-1;1-3-7-5-2-6-8(7)4-1;1-2-6-4-5-7(6)3-1;1-2-4-7-5-6(7)3-1;1-2-5-4-6(5)3-1;1-2-5-3-4(1)5/h12-17H,1-11H2;2*11-14H,1-10H2;9-12H,1-8H2;8-11H,1-7H2;10H,2-9H2,1H3;10-11H,1-9H2;8-9H,1-7H2;7-8H,1-6H2;2*6-7H,1-5H2;5-6H,1-4H2;4-5H,1-3H2. The van der Waals surface area contributed by atoms with Crippen LogP contribution in [0.25, 0.3) is 0 Å². The highest BCUT2D eigenvalue weighted by molar-refractivity contribution is 5.03. The molecule has 0 aromatic carbocycles. The van der Waals surface area contributed by atoms with Crippen LogP contribution < -0.4 is 0 Å². The lowest BCUT2D eigenvalue weighted by molar-refractivity contribution is -0.0184. The fraction of sp³-hybridized carbons (Fsp3) is 1.00. The van der Waals surface area contributed by atoms with Crippen molar-refractivity contribution in [2.24, 2.45) is 224 Å². The predicted octanol–water partition coefficient (Wildman–Crippen LogP) is 41.3. The van der Waals surface area contributed by atoms with Crippen molar-refractivity contribution in [3.05, 3.63) is 0 Å². The fourth-order valence-corrected chi connectivity index (χ4v) is 42.2. The van der Waals surface area contributed by atoms with Crippen molar-refractivity contribution in [1.29, 1.82) is 0 Å². The average Bonchev–Trinajstić information content (AvgIpc) is 1.60. The summed E-state index contributed by atoms with van der Waals surface area (Å²) in [5.41, 5.74) is 0.774. The Hall–Kier alpha value is 0. The zero-order valence-electron chi connectivity index (χ0n) is 88.6. The predicted molar refractivity (Wildman–Crippen MR) is 567 cm³/mol. The van der Waals surface area contributed by atoms with Crippen LogP contribution >= 0.6 is 0 Å². The number of fused-ring (bicyclic) bond motifs is 21. The van der Waals surface area contributed by atoms with Gasteiger partial charge in [-0.05, 0) is 398 Å². The molecule has 0 N–H and O–H groups in total. The molecule has 0 heterocycles. The van der Waals surface area contributed by atoms with E-state index in [4.69, 9.17) is 0 Å². The maximum Gasteiger partial charge on any atom is -0.0298 e. The molecule has 32 rings (SSSR count). The highest BCUT2D eigenvalue weighted by Crippen LogP contribution is 2.63. The first-order valence-corrected chi connectivity index (χ1v) is 65.3. The minimum absolute atomic E-state index is 0.774. The molecule has 32 aliphatic carbocycles. The van der Waals surface area contributed by atoms with Gasteiger partial charge in [-0.25, -0.2) is 0 Å². The summed E-state index contributed by atoms with van der Waals surface area (Å²) in [5.74, 6) is 43.6. The second-order valence-electron chi connectivity index (χ2n) is 57.4. The van der Waals surface area contributed by atoms with E-state index in [9.17, 15) is 0 Å². The van der Waals surface area contributed by atoms with Gasteiger partial charge in [0.25, 0.3) is 0 Å². The van der Waals surface area contributed by atoms with Gasteiger partial charge in [-0.2, -0.15) is 0 Å². The summed E-state index contributed by atoms with van der Waals surface area (Å²) in [4.78, 5) is 0. The van der Waals surface area contributed by atoms with Crippen molar-refractivity contribution in [3.63, 3.8) is 0 Å². The van der Waals surface area contributed by atoms with E-state index >= 15 is 0 Å². The molecule has 0 amide bonds. The summed E-state index contributed by atoms with van der Waals surface area (Å²) in [6, 6.07) is 0. The molecule has 32 unspecified atom stereocenters. The Kier molecular flexibility index (Phi) is 37.8. The molecule has 0 spiro atoms. The minimum atomic E-state index is 0.774. The minimum Gasteiger partial charge on any atom is -0.0594 e. The van der Waals surface area contributed by atoms with Crippen LogP contribution in [0.5, 0.6) is 0 Å². The van der Waals surface area contributed by atoms with E-state index in [0.717, 1.165) is 70.5 Å². The zero-order valence-corrected chi connectivity index (χ0v) is 88.6. The van der Waals surface area contributed by atoms with E-state index in [1.54, 1.807) is 456 Å². The number of hydrogen-bond donors (Lipinski definition) is 0.